The number of aryl methyl sites for hydroxylation is 1. The highest BCUT2D eigenvalue weighted by Crippen LogP contribution is 2.25. The standard InChI is InChI=1S/C13H19FN2O2S.ClH/c1-10-2-3-12(14)8-13(10)19(17,18)16-6-4-11(9-15)5-7-16;/h2-3,8,11H,4-7,9,15H2,1H3;1H. The first-order valence-electron chi connectivity index (χ1n) is 6.41. The summed E-state index contributed by atoms with van der Waals surface area (Å²) in [6.45, 7) is 3.19. The van der Waals surface area contributed by atoms with Gasteiger partial charge in [0.1, 0.15) is 5.82 Å². The lowest BCUT2D eigenvalue weighted by molar-refractivity contribution is 0.278. The molecule has 1 aliphatic rings. The second kappa shape index (κ2) is 6.85. The molecule has 0 amide bonds. The fourth-order valence-corrected chi connectivity index (χ4v) is 4.08. The summed E-state index contributed by atoms with van der Waals surface area (Å²) in [4.78, 5) is 0.0682. The van der Waals surface area contributed by atoms with Crippen molar-refractivity contribution < 1.29 is 12.8 Å². The van der Waals surface area contributed by atoms with Gasteiger partial charge in [-0.05, 0) is 49.9 Å². The van der Waals surface area contributed by atoms with E-state index in [0.29, 0.717) is 31.1 Å². The Morgan fingerprint density at radius 3 is 2.50 bits per heavy atom. The number of hydrogen-bond acceptors (Lipinski definition) is 3. The normalized spacial score (nSPS) is 17.8. The molecule has 1 fully saturated rings. The lowest BCUT2D eigenvalue weighted by Crippen LogP contribution is -2.40. The van der Waals surface area contributed by atoms with E-state index in [9.17, 15) is 12.8 Å². The van der Waals surface area contributed by atoms with Crippen molar-refractivity contribution in [3.63, 3.8) is 0 Å². The summed E-state index contributed by atoms with van der Waals surface area (Å²) in [5, 5.41) is 0. The van der Waals surface area contributed by atoms with Crippen LogP contribution in [0, 0.1) is 18.7 Å². The van der Waals surface area contributed by atoms with Crippen LogP contribution in [0.1, 0.15) is 18.4 Å². The second-order valence-corrected chi connectivity index (χ2v) is 6.90. The van der Waals surface area contributed by atoms with Crippen LogP contribution in [0.5, 0.6) is 0 Å². The first-order chi connectivity index (χ1) is 8.95. The highest BCUT2D eigenvalue weighted by Gasteiger charge is 2.30. The van der Waals surface area contributed by atoms with E-state index in [1.165, 1.54) is 16.4 Å². The number of halogens is 2. The van der Waals surface area contributed by atoms with E-state index in [2.05, 4.69) is 0 Å². The Bertz CT molecular complexity index is 557. The third-order valence-corrected chi connectivity index (χ3v) is 5.72. The molecule has 0 aliphatic carbocycles. The second-order valence-electron chi connectivity index (χ2n) is 4.99. The van der Waals surface area contributed by atoms with Crippen molar-refractivity contribution in [2.75, 3.05) is 19.6 Å². The molecule has 1 heterocycles. The van der Waals surface area contributed by atoms with Gasteiger partial charge < -0.3 is 5.73 Å². The summed E-state index contributed by atoms with van der Waals surface area (Å²) in [6, 6.07) is 3.86. The molecule has 1 saturated heterocycles. The van der Waals surface area contributed by atoms with Gasteiger partial charge in [0, 0.05) is 13.1 Å². The molecule has 2 N–H and O–H groups in total. The van der Waals surface area contributed by atoms with Gasteiger partial charge in [-0.2, -0.15) is 4.31 Å². The van der Waals surface area contributed by atoms with E-state index in [0.717, 1.165) is 18.9 Å². The molecule has 0 unspecified atom stereocenters. The van der Waals surface area contributed by atoms with Gasteiger partial charge in [0.25, 0.3) is 0 Å². The monoisotopic (exact) mass is 322 g/mol. The van der Waals surface area contributed by atoms with Gasteiger partial charge in [-0.15, -0.1) is 12.4 Å². The molecule has 0 atom stereocenters. The van der Waals surface area contributed by atoms with Crippen molar-refractivity contribution in [1.29, 1.82) is 0 Å². The number of nitrogens with two attached hydrogens (primary N) is 1. The van der Waals surface area contributed by atoms with E-state index in [4.69, 9.17) is 5.73 Å². The molecule has 1 aromatic rings. The van der Waals surface area contributed by atoms with E-state index >= 15 is 0 Å². The van der Waals surface area contributed by atoms with E-state index in [1.54, 1.807) is 6.92 Å². The molecule has 1 aromatic carbocycles. The first-order valence-corrected chi connectivity index (χ1v) is 7.85. The number of hydrogen-bond donors (Lipinski definition) is 1. The van der Waals surface area contributed by atoms with Gasteiger partial charge in [-0.3, -0.25) is 0 Å². The van der Waals surface area contributed by atoms with Gasteiger partial charge in [0.15, 0.2) is 0 Å². The summed E-state index contributed by atoms with van der Waals surface area (Å²) >= 11 is 0. The third-order valence-electron chi connectivity index (χ3n) is 3.67. The van der Waals surface area contributed by atoms with Crippen molar-refractivity contribution in [2.45, 2.75) is 24.7 Å². The van der Waals surface area contributed by atoms with Crippen LogP contribution in [0.2, 0.25) is 0 Å². The first kappa shape index (κ1) is 17.4. The zero-order valence-corrected chi connectivity index (χ0v) is 13.0. The summed E-state index contributed by atoms with van der Waals surface area (Å²) in [5.41, 5.74) is 6.17. The van der Waals surface area contributed by atoms with Crippen LogP contribution in [-0.2, 0) is 10.0 Å². The van der Waals surface area contributed by atoms with Crippen molar-refractivity contribution in [3.8, 4) is 0 Å². The Morgan fingerprint density at radius 2 is 1.95 bits per heavy atom. The fraction of sp³-hybridized carbons (Fsp3) is 0.538. The van der Waals surface area contributed by atoms with Gasteiger partial charge in [-0.25, -0.2) is 12.8 Å². The van der Waals surface area contributed by atoms with Crippen LogP contribution < -0.4 is 5.73 Å². The Hall–Kier alpha value is -0.690. The molecule has 0 aromatic heterocycles. The van der Waals surface area contributed by atoms with Gasteiger partial charge in [0.05, 0.1) is 4.90 Å². The summed E-state index contributed by atoms with van der Waals surface area (Å²) in [6.07, 6.45) is 1.54. The maximum Gasteiger partial charge on any atom is 0.243 e. The van der Waals surface area contributed by atoms with Crippen LogP contribution in [0.3, 0.4) is 0 Å². The van der Waals surface area contributed by atoms with Crippen molar-refractivity contribution in [3.05, 3.63) is 29.6 Å². The van der Waals surface area contributed by atoms with Crippen LogP contribution in [-0.4, -0.2) is 32.4 Å². The zero-order chi connectivity index (χ0) is 14.0. The van der Waals surface area contributed by atoms with Gasteiger partial charge >= 0.3 is 0 Å². The highest BCUT2D eigenvalue weighted by atomic mass is 35.5. The number of rotatable bonds is 3. The predicted octanol–water partition coefficient (Wildman–Crippen LogP) is 1.92. The maximum atomic E-state index is 13.3. The minimum atomic E-state index is -3.59. The molecule has 0 saturated carbocycles. The molecule has 0 spiro atoms. The summed E-state index contributed by atoms with van der Waals surface area (Å²) in [7, 11) is -3.59. The molecule has 4 nitrogen and oxygen atoms in total. The van der Waals surface area contributed by atoms with Crippen LogP contribution in [0.25, 0.3) is 0 Å². The molecule has 1 aliphatic heterocycles. The smallest absolute Gasteiger partial charge is 0.243 e. The Kier molecular flexibility index (Phi) is 5.94. The van der Waals surface area contributed by atoms with Gasteiger partial charge in [0.2, 0.25) is 10.0 Å². The zero-order valence-electron chi connectivity index (χ0n) is 11.4. The number of benzene rings is 1. The molecule has 2 rings (SSSR count). The average molecular weight is 323 g/mol. The average Bonchev–Trinajstić information content (AvgIpc) is 2.41. The van der Waals surface area contributed by atoms with E-state index < -0.39 is 15.8 Å². The lowest BCUT2D eigenvalue weighted by atomic mass is 9.99. The Morgan fingerprint density at radius 1 is 1.35 bits per heavy atom. The lowest BCUT2D eigenvalue weighted by Gasteiger charge is -2.30. The van der Waals surface area contributed by atoms with E-state index in [-0.39, 0.29) is 17.3 Å². The van der Waals surface area contributed by atoms with Crippen molar-refractivity contribution in [1.82, 2.24) is 4.31 Å². The van der Waals surface area contributed by atoms with Crippen molar-refractivity contribution in [2.24, 2.45) is 11.7 Å². The molecule has 20 heavy (non-hydrogen) atoms. The minimum absolute atomic E-state index is 0. The fourth-order valence-electron chi connectivity index (χ4n) is 2.38. The highest BCUT2D eigenvalue weighted by molar-refractivity contribution is 7.89. The molecule has 7 heteroatoms. The van der Waals surface area contributed by atoms with Crippen LogP contribution in [0.4, 0.5) is 4.39 Å². The number of piperidine rings is 1. The van der Waals surface area contributed by atoms with Crippen LogP contribution >= 0.6 is 12.4 Å². The SMILES string of the molecule is Cc1ccc(F)cc1S(=O)(=O)N1CCC(CN)CC1.Cl. The van der Waals surface area contributed by atoms with Gasteiger partial charge in [-0.1, -0.05) is 6.07 Å². The topological polar surface area (TPSA) is 63.4 Å². The minimum Gasteiger partial charge on any atom is -0.330 e. The summed E-state index contributed by atoms with van der Waals surface area (Å²) in [5.74, 6) is -0.138. The number of sulfonamides is 1. The predicted molar refractivity (Wildman–Crippen MR) is 78.9 cm³/mol. The Balaban J connectivity index is 0.00000200. The maximum absolute atomic E-state index is 13.3. The van der Waals surface area contributed by atoms with E-state index in [1.807, 2.05) is 0 Å². The molecule has 0 bridgehead atoms. The molecule has 0 radical (unpaired) electrons. The van der Waals surface area contributed by atoms with Crippen molar-refractivity contribution >= 4 is 22.4 Å². The Labute approximate surface area is 125 Å². The van der Waals surface area contributed by atoms with Crippen LogP contribution in [0.15, 0.2) is 23.1 Å². The molecule has 114 valence electrons. The molecular formula is C13H20ClFN2O2S. The third kappa shape index (κ3) is 3.49. The largest absolute Gasteiger partial charge is 0.330 e. The summed E-state index contributed by atoms with van der Waals surface area (Å²) < 4.78 is 39.7. The molecular weight excluding hydrogens is 303 g/mol. The quantitative estimate of drug-likeness (QED) is 0.924. The number of nitrogens with zero attached hydrogens (tertiary/aromatic N) is 1.